The van der Waals surface area contributed by atoms with E-state index in [-0.39, 0.29) is 11.9 Å². The first kappa shape index (κ1) is 20.6. The van der Waals surface area contributed by atoms with Gasteiger partial charge in [-0.1, -0.05) is 49.2 Å². The van der Waals surface area contributed by atoms with Gasteiger partial charge in [0, 0.05) is 37.2 Å². The molecule has 160 valence electrons. The summed E-state index contributed by atoms with van der Waals surface area (Å²) in [7, 11) is 0. The van der Waals surface area contributed by atoms with Crippen LogP contribution >= 0.6 is 0 Å². The smallest absolute Gasteiger partial charge is 0.315 e. The number of urea groups is 1. The molecule has 1 aromatic carbocycles. The van der Waals surface area contributed by atoms with Crippen LogP contribution in [0, 0.1) is 0 Å². The van der Waals surface area contributed by atoms with Crippen molar-refractivity contribution in [3.63, 3.8) is 0 Å². The SMILES string of the molecule is O=C(NCc1ccccc1)NC1(C(=O)NCc2cccnc2-n2cccn2)CCCC1. The van der Waals surface area contributed by atoms with Gasteiger partial charge in [-0.3, -0.25) is 4.79 Å². The van der Waals surface area contributed by atoms with Crippen molar-refractivity contribution in [1.82, 2.24) is 30.7 Å². The van der Waals surface area contributed by atoms with E-state index in [1.165, 1.54) is 0 Å². The Bertz CT molecular complexity index is 1010. The molecule has 3 amide bonds. The highest BCUT2D eigenvalue weighted by atomic mass is 16.2. The summed E-state index contributed by atoms with van der Waals surface area (Å²) in [6.07, 6.45) is 8.23. The lowest BCUT2D eigenvalue weighted by Crippen LogP contribution is -2.59. The maximum atomic E-state index is 13.2. The predicted molar refractivity (Wildman–Crippen MR) is 116 cm³/mol. The third kappa shape index (κ3) is 4.91. The van der Waals surface area contributed by atoms with E-state index in [9.17, 15) is 9.59 Å². The fraction of sp³-hybridized carbons (Fsp3) is 0.304. The molecule has 8 nitrogen and oxygen atoms in total. The molecule has 3 aromatic rings. The first-order valence-corrected chi connectivity index (χ1v) is 10.5. The second-order valence-corrected chi connectivity index (χ2v) is 7.70. The van der Waals surface area contributed by atoms with Gasteiger partial charge in [-0.15, -0.1) is 0 Å². The van der Waals surface area contributed by atoms with Crippen LogP contribution in [0.25, 0.3) is 5.82 Å². The molecule has 0 aliphatic heterocycles. The lowest BCUT2D eigenvalue weighted by atomic mass is 9.96. The van der Waals surface area contributed by atoms with Crippen LogP contribution in [-0.4, -0.2) is 32.2 Å². The Morgan fingerprint density at radius 1 is 0.935 bits per heavy atom. The number of rotatable bonds is 7. The Hall–Kier alpha value is -3.68. The van der Waals surface area contributed by atoms with E-state index in [1.54, 1.807) is 17.1 Å². The van der Waals surface area contributed by atoms with Crippen molar-refractivity contribution >= 4 is 11.9 Å². The number of amides is 3. The van der Waals surface area contributed by atoms with Crippen LogP contribution in [0.2, 0.25) is 0 Å². The molecular weight excluding hydrogens is 392 g/mol. The second-order valence-electron chi connectivity index (χ2n) is 7.70. The fourth-order valence-corrected chi connectivity index (χ4v) is 3.94. The molecule has 0 saturated heterocycles. The summed E-state index contributed by atoms with van der Waals surface area (Å²) in [6, 6.07) is 14.9. The molecule has 0 bridgehead atoms. The van der Waals surface area contributed by atoms with E-state index in [0.29, 0.717) is 31.7 Å². The summed E-state index contributed by atoms with van der Waals surface area (Å²) in [6.45, 7) is 0.713. The van der Waals surface area contributed by atoms with Crippen molar-refractivity contribution in [1.29, 1.82) is 0 Å². The number of benzene rings is 1. The van der Waals surface area contributed by atoms with Gasteiger partial charge in [0.05, 0.1) is 0 Å². The number of pyridine rings is 1. The minimum absolute atomic E-state index is 0.171. The molecule has 8 heteroatoms. The van der Waals surface area contributed by atoms with E-state index in [1.807, 2.05) is 54.7 Å². The first-order chi connectivity index (χ1) is 15.2. The largest absolute Gasteiger partial charge is 0.350 e. The molecule has 1 aliphatic carbocycles. The molecule has 1 aliphatic rings. The topological polar surface area (TPSA) is 101 Å². The Morgan fingerprint density at radius 2 is 1.74 bits per heavy atom. The lowest BCUT2D eigenvalue weighted by Gasteiger charge is -2.29. The van der Waals surface area contributed by atoms with E-state index < -0.39 is 5.54 Å². The van der Waals surface area contributed by atoms with Gasteiger partial charge in [-0.25, -0.2) is 14.5 Å². The molecule has 0 spiro atoms. The molecule has 0 atom stereocenters. The summed E-state index contributed by atoms with van der Waals surface area (Å²) in [5.41, 5.74) is 0.959. The Kier molecular flexibility index (Phi) is 6.26. The third-order valence-corrected chi connectivity index (χ3v) is 5.57. The van der Waals surface area contributed by atoms with Gasteiger partial charge in [-0.2, -0.15) is 5.10 Å². The summed E-state index contributed by atoms with van der Waals surface area (Å²) in [4.78, 5) is 30.1. The van der Waals surface area contributed by atoms with Crippen LogP contribution in [0.5, 0.6) is 0 Å². The maximum absolute atomic E-state index is 13.2. The minimum atomic E-state index is -0.894. The van der Waals surface area contributed by atoms with Crippen LogP contribution < -0.4 is 16.0 Å². The molecule has 2 aromatic heterocycles. The third-order valence-electron chi connectivity index (χ3n) is 5.57. The first-order valence-electron chi connectivity index (χ1n) is 10.5. The number of carbonyl (C=O) groups is 2. The predicted octanol–water partition coefficient (Wildman–Crippen LogP) is 2.70. The number of aromatic nitrogens is 3. The minimum Gasteiger partial charge on any atom is -0.350 e. The maximum Gasteiger partial charge on any atom is 0.315 e. The van der Waals surface area contributed by atoms with Gasteiger partial charge in [0.15, 0.2) is 5.82 Å². The van der Waals surface area contributed by atoms with Crippen molar-refractivity contribution in [3.8, 4) is 5.82 Å². The number of nitrogens with one attached hydrogen (secondary N) is 3. The zero-order valence-corrected chi connectivity index (χ0v) is 17.3. The molecule has 0 unspecified atom stereocenters. The van der Waals surface area contributed by atoms with Crippen molar-refractivity contribution in [2.75, 3.05) is 0 Å². The molecule has 0 radical (unpaired) electrons. The number of hydrogen-bond donors (Lipinski definition) is 3. The van der Waals surface area contributed by atoms with Crippen molar-refractivity contribution in [2.24, 2.45) is 0 Å². The van der Waals surface area contributed by atoms with E-state index in [4.69, 9.17) is 0 Å². The van der Waals surface area contributed by atoms with Crippen LogP contribution in [0.1, 0.15) is 36.8 Å². The zero-order valence-electron chi connectivity index (χ0n) is 17.3. The van der Waals surface area contributed by atoms with Crippen LogP contribution in [0.15, 0.2) is 67.1 Å². The average Bonchev–Trinajstić information content (AvgIpc) is 3.50. The number of carbonyl (C=O) groups excluding carboxylic acids is 2. The van der Waals surface area contributed by atoms with Crippen LogP contribution in [0.4, 0.5) is 4.79 Å². The summed E-state index contributed by atoms with van der Waals surface area (Å²) in [5.74, 6) is 0.497. The monoisotopic (exact) mass is 418 g/mol. The van der Waals surface area contributed by atoms with Crippen LogP contribution in [0.3, 0.4) is 0 Å². The van der Waals surface area contributed by atoms with Crippen molar-refractivity contribution in [3.05, 3.63) is 78.2 Å². The quantitative estimate of drug-likeness (QED) is 0.549. The van der Waals surface area contributed by atoms with E-state index >= 15 is 0 Å². The summed E-state index contributed by atoms with van der Waals surface area (Å²) < 4.78 is 1.67. The van der Waals surface area contributed by atoms with Gasteiger partial charge in [0.2, 0.25) is 5.91 Å². The van der Waals surface area contributed by atoms with Crippen molar-refractivity contribution < 1.29 is 9.59 Å². The average molecular weight is 419 g/mol. The normalized spacial score (nSPS) is 14.7. The van der Waals surface area contributed by atoms with Gasteiger partial charge in [0.1, 0.15) is 5.54 Å². The molecule has 4 rings (SSSR count). The van der Waals surface area contributed by atoms with Gasteiger partial charge < -0.3 is 16.0 Å². The number of hydrogen-bond acceptors (Lipinski definition) is 4. The molecular formula is C23H26N6O2. The Balaban J connectivity index is 1.39. The highest BCUT2D eigenvalue weighted by Gasteiger charge is 2.42. The highest BCUT2D eigenvalue weighted by molar-refractivity contribution is 5.91. The second kappa shape index (κ2) is 9.42. The van der Waals surface area contributed by atoms with E-state index in [0.717, 1.165) is 24.0 Å². The molecule has 31 heavy (non-hydrogen) atoms. The summed E-state index contributed by atoms with van der Waals surface area (Å²) >= 11 is 0. The lowest BCUT2D eigenvalue weighted by molar-refractivity contribution is -0.127. The molecule has 3 N–H and O–H groups in total. The summed E-state index contributed by atoms with van der Waals surface area (Å²) in [5, 5.41) is 13.0. The highest BCUT2D eigenvalue weighted by Crippen LogP contribution is 2.30. The van der Waals surface area contributed by atoms with Gasteiger partial charge in [-0.05, 0) is 30.5 Å². The number of nitrogens with zero attached hydrogens (tertiary/aromatic N) is 3. The van der Waals surface area contributed by atoms with Gasteiger partial charge in [0.25, 0.3) is 0 Å². The van der Waals surface area contributed by atoms with Crippen molar-refractivity contribution in [2.45, 2.75) is 44.3 Å². The van der Waals surface area contributed by atoms with Gasteiger partial charge >= 0.3 is 6.03 Å². The fourth-order valence-electron chi connectivity index (χ4n) is 3.94. The molecule has 2 heterocycles. The Labute approximate surface area is 181 Å². The van der Waals surface area contributed by atoms with Crippen LogP contribution in [-0.2, 0) is 17.9 Å². The zero-order chi connectivity index (χ0) is 21.5. The standard InChI is InChI=1S/C23H26N6O2/c30-21(25-17-19-10-6-13-24-20(19)29-15-7-14-27-29)23(11-4-5-12-23)28-22(31)26-16-18-8-2-1-3-9-18/h1-3,6-10,13-15H,4-5,11-12,16-17H2,(H,25,30)(H2,26,28,31). The molecule has 1 saturated carbocycles. The molecule has 1 fully saturated rings. The Morgan fingerprint density at radius 3 is 2.48 bits per heavy atom. The van der Waals surface area contributed by atoms with E-state index in [2.05, 4.69) is 26.0 Å².